The van der Waals surface area contributed by atoms with E-state index in [4.69, 9.17) is 10.5 Å². The summed E-state index contributed by atoms with van der Waals surface area (Å²) in [7, 11) is 0. The molecular weight excluding hydrogens is 208 g/mol. The Bertz CT molecular complexity index is 233. The van der Waals surface area contributed by atoms with Gasteiger partial charge in [0.1, 0.15) is 6.10 Å². The molecule has 0 spiro atoms. The van der Waals surface area contributed by atoms with Crippen LogP contribution in [0.25, 0.3) is 0 Å². The van der Waals surface area contributed by atoms with Crippen molar-refractivity contribution in [1.82, 2.24) is 5.32 Å². The average molecular weight is 230 g/mol. The van der Waals surface area contributed by atoms with Gasteiger partial charge in [0, 0.05) is 13.1 Å². The number of carbonyl (C=O) groups is 1. The summed E-state index contributed by atoms with van der Waals surface area (Å²) >= 11 is 0. The number of hydrogen-bond acceptors (Lipinski definition) is 4. The van der Waals surface area contributed by atoms with Gasteiger partial charge in [-0.05, 0) is 18.8 Å². The third-order valence-corrected chi connectivity index (χ3v) is 2.92. The van der Waals surface area contributed by atoms with Gasteiger partial charge in [-0.3, -0.25) is 4.79 Å². The molecule has 16 heavy (non-hydrogen) atoms. The van der Waals surface area contributed by atoms with E-state index in [1.54, 1.807) is 0 Å². The third kappa shape index (κ3) is 3.73. The number of ether oxygens (including phenoxy) is 1. The lowest BCUT2D eigenvalue weighted by Crippen LogP contribution is -2.40. The maximum atomic E-state index is 11.6. The van der Waals surface area contributed by atoms with Crippen LogP contribution < -0.4 is 11.1 Å². The number of aliphatic hydroxyl groups excluding tert-OH is 1. The van der Waals surface area contributed by atoms with Crippen molar-refractivity contribution in [3.63, 3.8) is 0 Å². The molecule has 0 saturated carbocycles. The van der Waals surface area contributed by atoms with Crippen molar-refractivity contribution >= 4 is 5.91 Å². The Morgan fingerprint density at radius 2 is 2.25 bits per heavy atom. The number of amides is 1. The second kappa shape index (κ2) is 6.18. The van der Waals surface area contributed by atoms with E-state index in [1.807, 2.05) is 13.8 Å². The second-order valence-electron chi connectivity index (χ2n) is 4.62. The van der Waals surface area contributed by atoms with Crippen molar-refractivity contribution < 1.29 is 14.6 Å². The largest absolute Gasteiger partial charge is 0.391 e. The Labute approximate surface area is 96.3 Å². The lowest BCUT2D eigenvalue weighted by atomic mass is 10.1. The van der Waals surface area contributed by atoms with Gasteiger partial charge in [0.15, 0.2) is 0 Å². The molecule has 0 bridgehead atoms. The molecule has 5 nitrogen and oxygen atoms in total. The smallest absolute Gasteiger partial charge is 0.249 e. The Hall–Kier alpha value is -0.650. The van der Waals surface area contributed by atoms with Crippen LogP contribution in [0.2, 0.25) is 0 Å². The number of nitrogens with one attached hydrogen (secondary N) is 1. The first-order chi connectivity index (χ1) is 7.54. The van der Waals surface area contributed by atoms with Crippen LogP contribution in [0.15, 0.2) is 0 Å². The van der Waals surface area contributed by atoms with Gasteiger partial charge in [0.25, 0.3) is 0 Å². The Morgan fingerprint density at radius 3 is 2.75 bits per heavy atom. The minimum absolute atomic E-state index is 0.00534. The molecule has 0 aromatic rings. The van der Waals surface area contributed by atoms with Crippen molar-refractivity contribution in [2.24, 2.45) is 11.7 Å². The van der Waals surface area contributed by atoms with Crippen LogP contribution in [0, 0.1) is 5.92 Å². The first-order valence-electron chi connectivity index (χ1n) is 5.86. The monoisotopic (exact) mass is 230 g/mol. The highest BCUT2D eigenvalue weighted by Gasteiger charge is 2.29. The number of nitrogens with two attached hydrogens (primary N) is 1. The third-order valence-electron chi connectivity index (χ3n) is 2.92. The predicted octanol–water partition coefficient (Wildman–Crippen LogP) is -0.374. The quantitative estimate of drug-likeness (QED) is 0.601. The molecule has 5 heteroatoms. The van der Waals surface area contributed by atoms with E-state index in [2.05, 4.69) is 5.32 Å². The summed E-state index contributed by atoms with van der Waals surface area (Å²) in [6.07, 6.45) is 0.654. The maximum absolute atomic E-state index is 11.6. The van der Waals surface area contributed by atoms with Crippen LogP contribution in [0.3, 0.4) is 0 Å². The van der Waals surface area contributed by atoms with Crippen molar-refractivity contribution in [3.05, 3.63) is 0 Å². The summed E-state index contributed by atoms with van der Waals surface area (Å²) < 4.78 is 5.45. The van der Waals surface area contributed by atoms with E-state index in [9.17, 15) is 9.90 Å². The topological polar surface area (TPSA) is 84.6 Å². The molecule has 1 fully saturated rings. The molecule has 1 saturated heterocycles. The van der Waals surface area contributed by atoms with Gasteiger partial charge in [0.2, 0.25) is 5.91 Å². The molecule has 94 valence electrons. The van der Waals surface area contributed by atoms with Gasteiger partial charge in [0.05, 0.1) is 12.2 Å². The fourth-order valence-electron chi connectivity index (χ4n) is 1.63. The number of hydrogen-bond donors (Lipinski definition) is 3. The SMILES string of the molecule is CC(C)C(O)CNC(=O)C1CCC(CN)O1. The molecule has 1 aliphatic heterocycles. The highest BCUT2D eigenvalue weighted by atomic mass is 16.5. The summed E-state index contributed by atoms with van der Waals surface area (Å²) in [5, 5.41) is 12.2. The highest BCUT2D eigenvalue weighted by Crippen LogP contribution is 2.18. The molecule has 0 aromatic carbocycles. The molecule has 1 heterocycles. The maximum Gasteiger partial charge on any atom is 0.249 e. The fraction of sp³-hybridized carbons (Fsp3) is 0.909. The van der Waals surface area contributed by atoms with Crippen LogP contribution in [0.5, 0.6) is 0 Å². The van der Waals surface area contributed by atoms with Gasteiger partial charge >= 0.3 is 0 Å². The molecule has 1 rings (SSSR count). The van der Waals surface area contributed by atoms with Gasteiger partial charge in [-0.25, -0.2) is 0 Å². The van der Waals surface area contributed by atoms with Crippen molar-refractivity contribution in [3.8, 4) is 0 Å². The molecule has 1 aliphatic rings. The van der Waals surface area contributed by atoms with Crippen molar-refractivity contribution in [2.45, 2.75) is 45.0 Å². The Kier molecular flexibility index (Phi) is 5.18. The fourth-order valence-corrected chi connectivity index (χ4v) is 1.63. The van der Waals surface area contributed by atoms with Gasteiger partial charge < -0.3 is 20.9 Å². The summed E-state index contributed by atoms with van der Waals surface area (Å²) in [5.74, 6) is -0.00256. The molecular formula is C11H22N2O3. The van der Waals surface area contributed by atoms with E-state index in [1.165, 1.54) is 0 Å². The van der Waals surface area contributed by atoms with Crippen LogP contribution >= 0.6 is 0 Å². The first-order valence-corrected chi connectivity index (χ1v) is 5.86. The standard InChI is InChI=1S/C11H22N2O3/c1-7(2)9(14)6-13-11(15)10-4-3-8(5-12)16-10/h7-10,14H,3-6,12H2,1-2H3,(H,13,15). The van der Waals surface area contributed by atoms with E-state index in [0.717, 1.165) is 6.42 Å². The van der Waals surface area contributed by atoms with E-state index in [0.29, 0.717) is 13.0 Å². The van der Waals surface area contributed by atoms with Crippen molar-refractivity contribution in [2.75, 3.05) is 13.1 Å². The zero-order chi connectivity index (χ0) is 12.1. The summed E-state index contributed by atoms with van der Waals surface area (Å²) in [5.41, 5.74) is 5.46. The lowest BCUT2D eigenvalue weighted by Gasteiger charge is -2.17. The van der Waals surface area contributed by atoms with Gasteiger partial charge in [-0.2, -0.15) is 0 Å². The molecule has 0 radical (unpaired) electrons. The summed E-state index contributed by atoms with van der Waals surface area (Å²) in [6, 6.07) is 0. The molecule has 4 N–H and O–H groups in total. The highest BCUT2D eigenvalue weighted by molar-refractivity contribution is 5.81. The van der Waals surface area contributed by atoms with E-state index < -0.39 is 12.2 Å². The Morgan fingerprint density at radius 1 is 1.56 bits per heavy atom. The number of aliphatic hydroxyl groups is 1. The minimum atomic E-state index is -0.504. The van der Waals surface area contributed by atoms with Crippen LogP contribution in [-0.2, 0) is 9.53 Å². The van der Waals surface area contributed by atoms with Crippen LogP contribution in [0.4, 0.5) is 0 Å². The van der Waals surface area contributed by atoms with Crippen LogP contribution in [-0.4, -0.2) is 42.4 Å². The molecule has 0 aliphatic carbocycles. The molecule has 1 amide bonds. The van der Waals surface area contributed by atoms with E-state index in [-0.39, 0.29) is 24.5 Å². The van der Waals surface area contributed by atoms with Gasteiger partial charge in [-0.15, -0.1) is 0 Å². The van der Waals surface area contributed by atoms with E-state index >= 15 is 0 Å². The number of carbonyl (C=O) groups excluding carboxylic acids is 1. The molecule has 3 atom stereocenters. The number of rotatable bonds is 5. The van der Waals surface area contributed by atoms with Gasteiger partial charge in [-0.1, -0.05) is 13.8 Å². The first kappa shape index (κ1) is 13.4. The minimum Gasteiger partial charge on any atom is -0.391 e. The molecule has 3 unspecified atom stereocenters. The predicted molar refractivity (Wildman–Crippen MR) is 60.8 cm³/mol. The Balaban J connectivity index is 2.26. The zero-order valence-electron chi connectivity index (χ0n) is 9.98. The second-order valence-corrected chi connectivity index (χ2v) is 4.62. The summed E-state index contributed by atoms with van der Waals surface area (Å²) in [6.45, 7) is 4.56. The average Bonchev–Trinajstić information content (AvgIpc) is 2.73. The normalized spacial score (nSPS) is 27.1. The zero-order valence-corrected chi connectivity index (χ0v) is 9.98. The van der Waals surface area contributed by atoms with Crippen LogP contribution in [0.1, 0.15) is 26.7 Å². The lowest BCUT2D eigenvalue weighted by molar-refractivity contribution is -0.132. The summed E-state index contributed by atoms with van der Waals surface area (Å²) in [4.78, 5) is 11.6. The molecule has 0 aromatic heterocycles. The van der Waals surface area contributed by atoms with Crippen molar-refractivity contribution in [1.29, 1.82) is 0 Å².